The topological polar surface area (TPSA) is 61.8 Å². The number of aliphatic hydroxyl groups is 1. The van der Waals surface area contributed by atoms with Gasteiger partial charge in [-0.1, -0.05) is 6.07 Å². The summed E-state index contributed by atoms with van der Waals surface area (Å²) in [5.74, 6) is 0.699. The van der Waals surface area contributed by atoms with Crippen molar-refractivity contribution in [2.75, 3.05) is 26.3 Å². The van der Waals surface area contributed by atoms with Gasteiger partial charge in [0.2, 0.25) is 5.91 Å². The smallest absolute Gasteiger partial charge is 0.223 e. The predicted molar refractivity (Wildman–Crippen MR) is 102 cm³/mol. The number of hydrogen-bond acceptors (Lipinski definition) is 5. The SMILES string of the molecule is O=C(N[C@H](c1cccs1)C1CC(O)C1)C1CCN(C2CCOCC2)CC1. The van der Waals surface area contributed by atoms with Gasteiger partial charge in [-0.05, 0) is 69.0 Å². The van der Waals surface area contributed by atoms with E-state index in [9.17, 15) is 9.90 Å². The minimum Gasteiger partial charge on any atom is -0.393 e. The second-order valence-electron chi connectivity index (χ2n) is 8.04. The monoisotopic (exact) mass is 378 g/mol. The molecule has 6 heteroatoms. The molecule has 1 aromatic heterocycles. The molecule has 2 saturated heterocycles. The van der Waals surface area contributed by atoms with E-state index in [2.05, 4.69) is 21.7 Å². The summed E-state index contributed by atoms with van der Waals surface area (Å²) in [4.78, 5) is 16.7. The number of carbonyl (C=O) groups excluding carboxylic acids is 1. The van der Waals surface area contributed by atoms with E-state index in [1.54, 1.807) is 11.3 Å². The summed E-state index contributed by atoms with van der Waals surface area (Å²) in [5, 5.41) is 15.1. The second kappa shape index (κ2) is 8.38. The van der Waals surface area contributed by atoms with Gasteiger partial charge in [0, 0.05) is 30.1 Å². The lowest BCUT2D eigenvalue weighted by atomic mass is 9.76. The number of rotatable bonds is 5. The first kappa shape index (κ1) is 18.4. The van der Waals surface area contributed by atoms with Crippen LogP contribution in [0.15, 0.2) is 17.5 Å². The van der Waals surface area contributed by atoms with E-state index in [1.165, 1.54) is 4.88 Å². The van der Waals surface area contributed by atoms with Crippen molar-refractivity contribution in [3.8, 4) is 0 Å². The molecule has 4 rings (SSSR count). The maximum atomic E-state index is 12.9. The fraction of sp³-hybridized carbons (Fsp3) is 0.750. The lowest BCUT2D eigenvalue weighted by Gasteiger charge is -2.40. The maximum absolute atomic E-state index is 12.9. The van der Waals surface area contributed by atoms with Crippen LogP contribution in [0.2, 0.25) is 0 Å². The summed E-state index contributed by atoms with van der Waals surface area (Å²) in [7, 11) is 0. The largest absolute Gasteiger partial charge is 0.393 e. The third kappa shape index (κ3) is 4.14. The molecule has 144 valence electrons. The summed E-state index contributed by atoms with van der Waals surface area (Å²) < 4.78 is 5.47. The van der Waals surface area contributed by atoms with Crippen LogP contribution >= 0.6 is 11.3 Å². The van der Waals surface area contributed by atoms with Crippen molar-refractivity contribution >= 4 is 17.2 Å². The standard InChI is InChI=1S/C20H30N2O3S/c23-17-12-15(13-17)19(18-2-1-11-26-18)21-20(24)14-3-7-22(8-4-14)16-5-9-25-10-6-16/h1-2,11,14-17,19,23H,3-10,12-13H2,(H,21,24)/t15?,17?,19-/m0/s1. The van der Waals surface area contributed by atoms with Gasteiger partial charge in [0.15, 0.2) is 0 Å². The number of carbonyl (C=O) groups is 1. The van der Waals surface area contributed by atoms with Crippen molar-refractivity contribution in [1.29, 1.82) is 0 Å². The van der Waals surface area contributed by atoms with Gasteiger partial charge in [0.05, 0.1) is 12.1 Å². The van der Waals surface area contributed by atoms with Gasteiger partial charge >= 0.3 is 0 Å². The third-order valence-corrected chi connectivity index (χ3v) is 7.33. The molecule has 0 aromatic carbocycles. The van der Waals surface area contributed by atoms with Crippen LogP contribution in [0.3, 0.4) is 0 Å². The zero-order chi connectivity index (χ0) is 17.9. The fourth-order valence-electron chi connectivity index (χ4n) is 4.64. The number of thiophene rings is 1. The molecule has 1 aliphatic carbocycles. The predicted octanol–water partition coefficient (Wildman–Crippen LogP) is 2.57. The van der Waals surface area contributed by atoms with Gasteiger partial charge in [-0.15, -0.1) is 11.3 Å². The molecule has 0 spiro atoms. The Hall–Kier alpha value is -0.950. The molecule has 1 amide bonds. The molecule has 2 aliphatic heterocycles. The highest BCUT2D eigenvalue weighted by Gasteiger charge is 2.37. The zero-order valence-electron chi connectivity index (χ0n) is 15.3. The molecule has 2 N–H and O–H groups in total. The number of piperidine rings is 1. The molecular formula is C20H30N2O3S. The zero-order valence-corrected chi connectivity index (χ0v) is 16.1. The maximum Gasteiger partial charge on any atom is 0.223 e. The molecule has 1 atom stereocenters. The summed E-state index contributed by atoms with van der Waals surface area (Å²) >= 11 is 1.70. The Balaban J connectivity index is 1.31. The van der Waals surface area contributed by atoms with Crippen LogP contribution in [-0.4, -0.2) is 54.4 Å². The first-order valence-corrected chi connectivity index (χ1v) is 10.9. The molecular weight excluding hydrogens is 348 g/mol. The minimum atomic E-state index is -0.193. The first-order chi connectivity index (χ1) is 12.7. The molecule has 3 aliphatic rings. The molecule has 1 aromatic rings. The van der Waals surface area contributed by atoms with E-state index >= 15 is 0 Å². The number of nitrogens with zero attached hydrogens (tertiary/aromatic N) is 1. The molecule has 0 unspecified atom stereocenters. The Labute approximate surface area is 159 Å². The number of hydrogen-bond donors (Lipinski definition) is 2. The summed E-state index contributed by atoms with van der Waals surface area (Å²) in [6.45, 7) is 3.80. The van der Waals surface area contributed by atoms with Crippen LogP contribution in [0.25, 0.3) is 0 Å². The number of nitrogens with one attached hydrogen (secondary N) is 1. The van der Waals surface area contributed by atoms with E-state index in [1.807, 2.05) is 6.07 Å². The molecule has 3 heterocycles. The quantitative estimate of drug-likeness (QED) is 0.827. The Morgan fingerprint density at radius 1 is 1.23 bits per heavy atom. The Morgan fingerprint density at radius 3 is 2.58 bits per heavy atom. The lowest BCUT2D eigenvalue weighted by Crippen LogP contribution is -2.48. The first-order valence-electron chi connectivity index (χ1n) is 10.0. The van der Waals surface area contributed by atoms with Crippen molar-refractivity contribution in [2.45, 2.75) is 56.7 Å². The normalized spacial score (nSPS) is 29.9. The molecule has 26 heavy (non-hydrogen) atoms. The van der Waals surface area contributed by atoms with Gasteiger partial charge in [0.1, 0.15) is 0 Å². The van der Waals surface area contributed by atoms with Crippen molar-refractivity contribution < 1.29 is 14.6 Å². The van der Waals surface area contributed by atoms with Crippen molar-refractivity contribution in [2.24, 2.45) is 11.8 Å². The molecule has 0 radical (unpaired) electrons. The summed E-state index contributed by atoms with van der Waals surface area (Å²) in [6, 6.07) is 4.86. The van der Waals surface area contributed by atoms with Gasteiger partial charge in [0.25, 0.3) is 0 Å². The second-order valence-corrected chi connectivity index (χ2v) is 9.02. The molecule has 0 bridgehead atoms. The van der Waals surface area contributed by atoms with E-state index in [0.29, 0.717) is 12.0 Å². The van der Waals surface area contributed by atoms with Crippen molar-refractivity contribution in [3.05, 3.63) is 22.4 Å². The van der Waals surface area contributed by atoms with Gasteiger partial charge < -0.3 is 20.1 Å². The van der Waals surface area contributed by atoms with Crippen LogP contribution in [0.1, 0.15) is 49.4 Å². The van der Waals surface area contributed by atoms with Crippen molar-refractivity contribution in [3.63, 3.8) is 0 Å². The average molecular weight is 379 g/mol. The van der Waals surface area contributed by atoms with Gasteiger partial charge in [-0.3, -0.25) is 4.79 Å². The lowest BCUT2D eigenvalue weighted by molar-refractivity contribution is -0.128. The van der Waals surface area contributed by atoms with E-state index in [0.717, 1.165) is 64.8 Å². The third-order valence-electron chi connectivity index (χ3n) is 6.38. The Kier molecular flexibility index (Phi) is 5.93. The highest BCUT2D eigenvalue weighted by Crippen LogP contribution is 2.40. The highest BCUT2D eigenvalue weighted by molar-refractivity contribution is 7.10. The van der Waals surface area contributed by atoms with Crippen LogP contribution in [0.4, 0.5) is 0 Å². The van der Waals surface area contributed by atoms with Gasteiger partial charge in [-0.25, -0.2) is 0 Å². The van der Waals surface area contributed by atoms with Crippen molar-refractivity contribution in [1.82, 2.24) is 10.2 Å². The Bertz CT molecular complexity index is 574. The highest BCUT2D eigenvalue weighted by atomic mass is 32.1. The fourth-order valence-corrected chi connectivity index (χ4v) is 5.51. The van der Waals surface area contributed by atoms with E-state index < -0.39 is 0 Å². The van der Waals surface area contributed by atoms with Crippen LogP contribution in [0, 0.1) is 11.8 Å². The molecule has 1 saturated carbocycles. The number of aliphatic hydroxyl groups excluding tert-OH is 1. The van der Waals surface area contributed by atoms with Crippen LogP contribution in [-0.2, 0) is 9.53 Å². The van der Waals surface area contributed by atoms with Gasteiger partial charge in [-0.2, -0.15) is 0 Å². The van der Waals surface area contributed by atoms with Crippen LogP contribution in [0.5, 0.6) is 0 Å². The van der Waals surface area contributed by atoms with E-state index in [4.69, 9.17) is 4.74 Å². The number of amides is 1. The average Bonchev–Trinajstić information content (AvgIpc) is 3.19. The number of ether oxygens (including phenoxy) is 1. The minimum absolute atomic E-state index is 0.0689. The molecule has 3 fully saturated rings. The molecule has 5 nitrogen and oxygen atoms in total. The van der Waals surface area contributed by atoms with E-state index in [-0.39, 0.29) is 24.0 Å². The number of likely N-dealkylation sites (tertiary alicyclic amines) is 1. The Morgan fingerprint density at radius 2 is 1.96 bits per heavy atom. The summed E-state index contributed by atoms with van der Waals surface area (Å²) in [5.41, 5.74) is 0. The summed E-state index contributed by atoms with van der Waals surface area (Å²) in [6.07, 6.45) is 5.56. The van der Waals surface area contributed by atoms with Crippen LogP contribution < -0.4 is 5.32 Å².